The summed E-state index contributed by atoms with van der Waals surface area (Å²) < 4.78 is 27.6. The van der Waals surface area contributed by atoms with Crippen molar-refractivity contribution < 1.29 is 17.9 Å². The largest absolute Gasteiger partial charge is 0.444 e. The Hall–Kier alpha value is -1.60. The van der Waals surface area contributed by atoms with Crippen molar-refractivity contribution in [3.63, 3.8) is 0 Å². The van der Waals surface area contributed by atoms with Gasteiger partial charge in [-0.05, 0) is 45.4 Å². The van der Waals surface area contributed by atoms with Crippen molar-refractivity contribution in [2.75, 3.05) is 17.3 Å². The molecule has 0 saturated heterocycles. The highest BCUT2D eigenvalue weighted by Crippen LogP contribution is 2.13. The molecule has 7 heteroatoms. The number of nitrogens with one attached hydrogen (secondary N) is 2. The smallest absolute Gasteiger partial charge is 0.412 e. The summed E-state index contributed by atoms with van der Waals surface area (Å²) in [6.07, 6.45) is 0.729. The number of carbonyl (C=O) groups is 1. The molecule has 0 saturated carbocycles. The van der Waals surface area contributed by atoms with Crippen LogP contribution in [-0.4, -0.2) is 38.2 Å². The molecule has 0 aliphatic heterocycles. The lowest BCUT2D eigenvalue weighted by Crippen LogP contribution is -2.32. The molecule has 0 radical (unpaired) electrons. The summed E-state index contributed by atoms with van der Waals surface area (Å²) in [7, 11) is -2.99. The molecule has 1 atom stereocenters. The highest BCUT2D eigenvalue weighted by Gasteiger charge is 2.16. The van der Waals surface area contributed by atoms with Crippen molar-refractivity contribution in [1.82, 2.24) is 5.32 Å². The Bertz CT molecular complexity index is 618. The molecule has 1 aromatic carbocycles. The van der Waals surface area contributed by atoms with E-state index in [1.165, 1.54) is 6.26 Å². The quantitative estimate of drug-likeness (QED) is 0.830. The van der Waals surface area contributed by atoms with Crippen LogP contribution < -0.4 is 10.6 Å². The average molecular weight is 342 g/mol. The van der Waals surface area contributed by atoms with Gasteiger partial charge in [0.15, 0.2) is 0 Å². The van der Waals surface area contributed by atoms with Gasteiger partial charge in [0.2, 0.25) is 0 Å². The minimum absolute atomic E-state index is 0.102. The zero-order chi connectivity index (χ0) is 17.7. The fraction of sp³-hybridized carbons (Fsp3) is 0.562. The maximum Gasteiger partial charge on any atom is 0.412 e. The Kier molecular flexibility index (Phi) is 6.58. The van der Waals surface area contributed by atoms with Crippen LogP contribution in [0.5, 0.6) is 0 Å². The third-order valence-corrected chi connectivity index (χ3v) is 3.91. The number of carbonyl (C=O) groups excluding carboxylic acids is 1. The van der Waals surface area contributed by atoms with Gasteiger partial charge in [0.25, 0.3) is 0 Å². The fourth-order valence-electron chi connectivity index (χ4n) is 1.93. The summed E-state index contributed by atoms with van der Waals surface area (Å²) >= 11 is 0. The minimum atomic E-state index is -2.99. The Morgan fingerprint density at radius 2 is 1.78 bits per heavy atom. The molecule has 23 heavy (non-hydrogen) atoms. The molecular formula is C16H26N2O4S. The molecular weight excluding hydrogens is 316 g/mol. The van der Waals surface area contributed by atoms with E-state index in [0.29, 0.717) is 12.2 Å². The van der Waals surface area contributed by atoms with Gasteiger partial charge in [0.05, 0.1) is 5.75 Å². The highest BCUT2D eigenvalue weighted by atomic mass is 32.2. The molecule has 2 N–H and O–H groups in total. The van der Waals surface area contributed by atoms with Gasteiger partial charge in [-0.15, -0.1) is 0 Å². The van der Waals surface area contributed by atoms with E-state index >= 15 is 0 Å². The van der Waals surface area contributed by atoms with Gasteiger partial charge in [-0.3, -0.25) is 5.32 Å². The summed E-state index contributed by atoms with van der Waals surface area (Å²) in [5, 5.41) is 5.82. The Morgan fingerprint density at radius 3 is 2.26 bits per heavy atom. The lowest BCUT2D eigenvalue weighted by Gasteiger charge is -2.19. The van der Waals surface area contributed by atoms with Gasteiger partial charge < -0.3 is 10.1 Å². The first-order chi connectivity index (χ1) is 10.4. The van der Waals surface area contributed by atoms with Crippen LogP contribution in [0.15, 0.2) is 24.3 Å². The van der Waals surface area contributed by atoms with Crippen LogP contribution in [0.2, 0.25) is 0 Å². The molecule has 0 aromatic heterocycles. The van der Waals surface area contributed by atoms with Crippen LogP contribution in [0.1, 0.15) is 33.3 Å². The van der Waals surface area contributed by atoms with Gasteiger partial charge in [0.1, 0.15) is 15.4 Å². The number of benzene rings is 1. The number of anilines is 1. The third kappa shape index (κ3) is 9.20. The number of sulfone groups is 1. The number of hydrogen-bond acceptors (Lipinski definition) is 5. The average Bonchev–Trinajstić information content (AvgIpc) is 2.33. The first kappa shape index (κ1) is 19.4. The third-order valence-electron chi connectivity index (χ3n) is 2.81. The molecule has 0 aliphatic carbocycles. The van der Waals surface area contributed by atoms with Crippen LogP contribution in [0.25, 0.3) is 0 Å². The monoisotopic (exact) mass is 342 g/mol. The van der Waals surface area contributed by atoms with E-state index in [-0.39, 0.29) is 11.8 Å². The zero-order valence-corrected chi connectivity index (χ0v) is 15.2. The standard InChI is InChI=1S/C16H26N2O4S/c1-12(11-23(5,20)21)17-10-13-6-8-14(9-7-13)18-15(19)22-16(2,3)4/h6-9,12,17H,10-11H2,1-5H3,(H,18,19). The topological polar surface area (TPSA) is 84.5 Å². The van der Waals surface area contributed by atoms with E-state index in [1.54, 1.807) is 32.9 Å². The van der Waals surface area contributed by atoms with E-state index in [9.17, 15) is 13.2 Å². The van der Waals surface area contributed by atoms with Crippen molar-refractivity contribution in [3.05, 3.63) is 29.8 Å². The molecule has 1 unspecified atom stereocenters. The molecule has 0 aliphatic rings. The number of rotatable bonds is 6. The maximum atomic E-state index is 11.7. The van der Waals surface area contributed by atoms with Crippen LogP contribution >= 0.6 is 0 Å². The normalized spacial score (nSPS) is 13.4. The molecule has 6 nitrogen and oxygen atoms in total. The lowest BCUT2D eigenvalue weighted by atomic mass is 10.2. The van der Waals surface area contributed by atoms with Gasteiger partial charge >= 0.3 is 6.09 Å². The Morgan fingerprint density at radius 1 is 1.22 bits per heavy atom. The Labute approximate surface area is 138 Å². The van der Waals surface area contributed by atoms with Crippen molar-refractivity contribution in [2.45, 2.75) is 45.9 Å². The SMILES string of the molecule is CC(CS(C)(=O)=O)NCc1ccc(NC(=O)OC(C)(C)C)cc1. The predicted octanol–water partition coefficient (Wildman–Crippen LogP) is 2.56. The minimum Gasteiger partial charge on any atom is -0.444 e. The predicted molar refractivity (Wildman–Crippen MR) is 92.3 cm³/mol. The van der Waals surface area contributed by atoms with E-state index in [1.807, 2.05) is 19.1 Å². The van der Waals surface area contributed by atoms with Gasteiger partial charge in [-0.2, -0.15) is 0 Å². The van der Waals surface area contributed by atoms with Crippen LogP contribution in [0.4, 0.5) is 10.5 Å². The summed E-state index contributed by atoms with van der Waals surface area (Å²) in [5.41, 5.74) is 1.11. The second kappa shape index (κ2) is 7.79. The molecule has 130 valence electrons. The molecule has 0 spiro atoms. The molecule has 1 amide bonds. The highest BCUT2D eigenvalue weighted by molar-refractivity contribution is 7.90. The molecule has 0 bridgehead atoms. The summed E-state index contributed by atoms with van der Waals surface area (Å²) in [5.74, 6) is 0.102. The fourth-order valence-corrected chi connectivity index (χ4v) is 2.96. The molecule has 0 heterocycles. The second-order valence-electron chi connectivity index (χ2n) is 6.70. The zero-order valence-electron chi connectivity index (χ0n) is 14.3. The number of hydrogen-bond donors (Lipinski definition) is 2. The summed E-state index contributed by atoms with van der Waals surface area (Å²) in [6.45, 7) is 7.81. The van der Waals surface area contributed by atoms with Crippen molar-refractivity contribution in [1.29, 1.82) is 0 Å². The second-order valence-corrected chi connectivity index (χ2v) is 8.88. The van der Waals surface area contributed by atoms with Gasteiger partial charge in [0, 0.05) is 24.5 Å². The molecule has 0 fully saturated rings. The number of amides is 1. The first-order valence-corrected chi connectivity index (χ1v) is 9.51. The van der Waals surface area contributed by atoms with Crippen molar-refractivity contribution >= 4 is 21.6 Å². The lowest BCUT2D eigenvalue weighted by molar-refractivity contribution is 0.0636. The van der Waals surface area contributed by atoms with Gasteiger partial charge in [-0.25, -0.2) is 13.2 Å². The van der Waals surface area contributed by atoms with E-state index in [4.69, 9.17) is 4.74 Å². The summed E-state index contributed by atoms with van der Waals surface area (Å²) in [4.78, 5) is 11.7. The van der Waals surface area contributed by atoms with Crippen molar-refractivity contribution in [3.8, 4) is 0 Å². The van der Waals surface area contributed by atoms with Crippen LogP contribution in [0.3, 0.4) is 0 Å². The molecule has 1 rings (SSSR count). The maximum absolute atomic E-state index is 11.7. The first-order valence-electron chi connectivity index (χ1n) is 7.45. The van der Waals surface area contributed by atoms with Crippen LogP contribution in [0, 0.1) is 0 Å². The van der Waals surface area contributed by atoms with Crippen LogP contribution in [-0.2, 0) is 21.1 Å². The Balaban J connectivity index is 2.49. The van der Waals surface area contributed by atoms with E-state index in [0.717, 1.165) is 5.56 Å². The number of ether oxygens (including phenoxy) is 1. The summed E-state index contributed by atoms with van der Waals surface area (Å²) in [6, 6.07) is 7.17. The van der Waals surface area contributed by atoms with Gasteiger partial charge in [-0.1, -0.05) is 12.1 Å². The van der Waals surface area contributed by atoms with Crippen molar-refractivity contribution in [2.24, 2.45) is 0 Å². The van der Waals surface area contributed by atoms with E-state index < -0.39 is 21.5 Å². The van der Waals surface area contributed by atoms with E-state index in [2.05, 4.69) is 10.6 Å². The molecule has 1 aromatic rings.